The highest BCUT2D eigenvalue weighted by molar-refractivity contribution is 9.10. The van der Waals surface area contributed by atoms with Gasteiger partial charge in [-0.2, -0.15) is 0 Å². The van der Waals surface area contributed by atoms with Gasteiger partial charge in [-0.3, -0.25) is 43.6 Å². The molecule has 54 heavy (non-hydrogen) atoms. The maximum absolute atomic E-state index is 13.3. The number of carbonyl (C=O) groups is 4. The molecule has 16 heteroatoms. The average Bonchev–Trinajstić information content (AvgIpc) is 3.74. The Kier molecular flexibility index (Phi) is 9.72. The minimum Gasteiger partial charge on any atom is -0.489 e. The number of benzene rings is 2. The van der Waals surface area contributed by atoms with Crippen molar-refractivity contribution in [3.63, 3.8) is 0 Å². The van der Waals surface area contributed by atoms with Crippen LogP contribution in [0.2, 0.25) is 0 Å². The Hall–Kier alpha value is -5.45. The molecule has 0 radical (unpaired) electrons. The molecule has 1 unspecified atom stereocenters. The summed E-state index contributed by atoms with van der Waals surface area (Å²) >= 11 is 4.87. The number of piperidine rings is 2. The van der Waals surface area contributed by atoms with Gasteiger partial charge in [0.15, 0.2) is 4.96 Å². The second-order valence-corrected chi connectivity index (χ2v) is 15.2. The van der Waals surface area contributed by atoms with Gasteiger partial charge in [-0.1, -0.05) is 24.3 Å². The van der Waals surface area contributed by atoms with Crippen molar-refractivity contribution in [3.05, 3.63) is 115 Å². The summed E-state index contributed by atoms with van der Waals surface area (Å²) in [5.74, 6) is -0.541. The second-order valence-electron chi connectivity index (χ2n) is 13.6. The van der Waals surface area contributed by atoms with E-state index in [9.17, 15) is 24.0 Å². The van der Waals surface area contributed by atoms with Gasteiger partial charge in [-0.25, -0.2) is 4.98 Å². The number of anilines is 1. The summed E-state index contributed by atoms with van der Waals surface area (Å²) in [6.45, 7) is 2.08. The molecular weight excluding hydrogens is 778 g/mol. The predicted octanol–water partition coefficient (Wildman–Crippen LogP) is 4.37. The first-order valence-corrected chi connectivity index (χ1v) is 19.0. The van der Waals surface area contributed by atoms with Gasteiger partial charge in [0.05, 0.1) is 16.8 Å². The second kappa shape index (κ2) is 14.8. The zero-order chi connectivity index (χ0) is 37.5. The van der Waals surface area contributed by atoms with E-state index in [1.165, 1.54) is 27.4 Å². The minimum absolute atomic E-state index is 0.0433. The normalized spacial score (nSPS) is 20.3. The summed E-state index contributed by atoms with van der Waals surface area (Å²) < 4.78 is 14.0. The van der Waals surface area contributed by atoms with E-state index < -0.39 is 29.7 Å². The smallest absolute Gasteiger partial charge is 0.275 e. The maximum Gasteiger partial charge on any atom is 0.275 e. The fourth-order valence-corrected chi connectivity index (χ4v) is 8.30. The highest BCUT2D eigenvalue weighted by Crippen LogP contribution is 2.34. The minimum atomic E-state index is -1.05. The van der Waals surface area contributed by atoms with Crippen LogP contribution in [0.15, 0.2) is 81.6 Å². The molecule has 3 aliphatic heterocycles. The largest absolute Gasteiger partial charge is 0.489 e. The Bertz CT molecular complexity index is 2350. The highest BCUT2D eigenvalue weighted by atomic mass is 79.9. The number of aromatic nitrogens is 3. The summed E-state index contributed by atoms with van der Waals surface area (Å²) in [5.41, 5.74) is 2.76. The van der Waals surface area contributed by atoms with E-state index in [1.807, 2.05) is 23.6 Å². The summed E-state index contributed by atoms with van der Waals surface area (Å²) in [7, 11) is 2.10. The molecule has 6 heterocycles. The number of ether oxygens (including phenoxy) is 2. The Labute approximate surface area is 321 Å². The molecule has 0 bridgehead atoms. The van der Waals surface area contributed by atoms with Crippen molar-refractivity contribution in [2.45, 2.75) is 50.5 Å². The molecule has 2 fully saturated rings. The van der Waals surface area contributed by atoms with E-state index >= 15 is 0 Å². The van der Waals surface area contributed by atoms with Gasteiger partial charge in [0.1, 0.15) is 41.0 Å². The van der Waals surface area contributed by atoms with Gasteiger partial charge in [0.2, 0.25) is 11.8 Å². The molecule has 276 valence electrons. The van der Waals surface area contributed by atoms with E-state index in [0.29, 0.717) is 27.6 Å². The van der Waals surface area contributed by atoms with E-state index in [0.717, 1.165) is 35.7 Å². The predicted molar refractivity (Wildman–Crippen MR) is 202 cm³/mol. The third-order valence-corrected chi connectivity index (χ3v) is 11.3. The Morgan fingerprint density at radius 1 is 0.981 bits per heavy atom. The summed E-state index contributed by atoms with van der Waals surface area (Å²) in [6, 6.07) is 15.6. The number of likely N-dealkylation sites (N-methyl/N-ethyl adjacent to an activating group) is 1. The van der Waals surface area contributed by atoms with Crippen molar-refractivity contribution >= 4 is 61.7 Å². The number of hydrogen-bond donors (Lipinski definition) is 2. The fourth-order valence-electron chi connectivity index (χ4n) is 7.20. The van der Waals surface area contributed by atoms with Crippen LogP contribution in [-0.4, -0.2) is 80.0 Å². The molecule has 2 N–H and O–H groups in total. The zero-order valence-corrected chi connectivity index (χ0v) is 31.4. The lowest BCUT2D eigenvalue weighted by molar-refractivity contribution is -0.136. The Morgan fingerprint density at radius 2 is 1.81 bits per heavy atom. The summed E-state index contributed by atoms with van der Waals surface area (Å²) in [5, 5.41) is 7.56. The van der Waals surface area contributed by atoms with Crippen molar-refractivity contribution in [1.29, 1.82) is 0 Å². The fraction of sp³-hybridized carbons (Fsp3) is 0.289. The van der Waals surface area contributed by atoms with Crippen LogP contribution >= 0.6 is 27.3 Å². The number of pyridine rings is 1. The lowest BCUT2D eigenvalue weighted by Crippen LogP contribution is -2.54. The number of fused-ring (bicyclic) bond motifs is 2. The molecule has 2 aromatic carbocycles. The number of halogens is 1. The number of rotatable bonds is 10. The van der Waals surface area contributed by atoms with Gasteiger partial charge >= 0.3 is 0 Å². The Balaban J connectivity index is 0.851. The lowest BCUT2D eigenvalue weighted by Gasteiger charge is -2.36. The number of thiazole rings is 1. The molecule has 0 spiro atoms. The number of hydrogen-bond acceptors (Lipinski definition) is 12. The highest BCUT2D eigenvalue weighted by Gasteiger charge is 2.46. The van der Waals surface area contributed by atoms with Crippen LogP contribution in [0.25, 0.3) is 4.96 Å². The molecule has 0 saturated carbocycles. The van der Waals surface area contributed by atoms with E-state index in [-0.39, 0.29) is 53.8 Å². The molecular formula is C38H34BrN7O7S. The summed E-state index contributed by atoms with van der Waals surface area (Å²) in [6.07, 6.45) is 4.42. The number of nitrogens with one attached hydrogen (secondary N) is 2. The molecule has 2 saturated heterocycles. The van der Waals surface area contributed by atoms with Crippen LogP contribution < -0.4 is 25.7 Å². The van der Waals surface area contributed by atoms with Crippen molar-refractivity contribution in [1.82, 2.24) is 29.5 Å². The topological polar surface area (TPSA) is 165 Å². The number of likely N-dealkylation sites (tertiary alicyclic amines) is 1. The quantitative estimate of drug-likeness (QED) is 0.193. The lowest BCUT2D eigenvalue weighted by atomic mass is 9.88. The molecule has 14 nitrogen and oxygen atoms in total. The SMILES string of the molecule is CN1C[C@H](Nc2nc3sccn3c(=O)c2Br)C[C@H](c2ccc(OCc3ccc(COc4cccc5c4C(=O)N(C4CCC(=O)NC4=O)C5=O)nc3)cc2)C1. The van der Waals surface area contributed by atoms with Gasteiger partial charge in [-0.15, -0.1) is 11.3 Å². The van der Waals surface area contributed by atoms with Crippen LogP contribution in [0.4, 0.5) is 5.82 Å². The van der Waals surface area contributed by atoms with Crippen molar-refractivity contribution in [2.75, 3.05) is 25.5 Å². The molecule has 3 atom stereocenters. The number of carbonyl (C=O) groups excluding carboxylic acids is 4. The van der Waals surface area contributed by atoms with Crippen molar-refractivity contribution in [2.24, 2.45) is 0 Å². The average molecular weight is 813 g/mol. The third kappa shape index (κ3) is 6.99. The summed E-state index contributed by atoms with van der Waals surface area (Å²) in [4.78, 5) is 76.2. The van der Waals surface area contributed by atoms with Crippen LogP contribution in [0.1, 0.15) is 62.7 Å². The van der Waals surface area contributed by atoms with Gasteiger partial charge in [-0.05, 0) is 77.6 Å². The van der Waals surface area contributed by atoms with Crippen molar-refractivity contribution in [3.8, 4) is 11.5 Å². The number of amides is 4. The van der Waals surface area contributed by atoms with Gasteiger partial charge < -0.3 is 19.7 Å². The number of imide groups is 2. The monoisotopic (exact) mass is 811 g/mol. The van der Waals surface area contributed by atoms with Crippen LogP contribution in [0.3, 0.4) is 0 Å². The first kappa shape index (κ1) is 35.6. The molecule has 8 rings (SSSR count). The third-order valence-electron chi connectivity index (χ3n) is 9.83. The van der Waals surface area contributed by atoms with Gasteiger partial charge in [0.25, 0.3) is 17.4 Å². The zero-order valence-electron chi connectivity index (χ0n) is 29.0. The first-order valence-electron chi connectivity index (χ1n) is 17.4. The molecule has 5 aromatic rings. The molecule has 3 aliphatic rings. The first-order chi connectivity index (χ1) is 26.1. The molecule has 4 amide bonds. The van der Waals surface area contributed by atoms with Gasteiger partial charge in [0, 0.05) is 48.9 Å². The molecule has 0 aliphatic carbocycles. The Morgan fingerprint density at radius 3 is 2.59 bits per heavy atom. The van der Waals surface area contributed by atoms with E-state index in [4.69, 9.17) is 9.47 Å². The molecule has 3 aromatic heterocycles. The van der Waals surface area contributed by atoms with Crippen molar-refractivity contribution < 1.29 is 28.7 Å². The van der Waals surface area contributed by atoms with Crippen LogP contribution in [0, 0.1) is 0 Å². The van der Waals surface area contributed by atoms with E-state index in [1.54, 1.807) is 30.6 Å². The maximum atomic E-state index is 13.3. The van der Waals surface area contributed by atoms with E-state index in [2.05, 4.69) is 60.6 Å². The standard InChI is InChI=1S/C38H34BrN7O7S/c1-44-17-23(15-25(18-44)41-33-32(39)37(51)45-13-14-54-38(45)43-33)22-6-9-26(10-7-22)52-19-21-5-8-24(40-16-21)20-53-29-4-2-3-27-31(29)36(50)46(35(27)49)28-11-12-30(47)42-34(28)48/h2-10,13-14,16,23,25,28,41H,11-12,15,17-20H2,1H3,(H,42,47,48)/t23-,25+,28?/m0/s1. The number of nitrogens with zero attached hydrogens (tertiary/aromatic N) is 5. The van der Waals surface area contributed by atoms with Crippen LogP contribution in [-0.2, 0) is 22.8 Å². The van der Waals surface area contributed by atoms with Crippen LogP contribution in [0.5, 0.6) is 11.5 Å².